The summed E-state index contributed by atoms with van der Waals surface area (Å²) in [5.74, 6) is -0.158. The summed E-state index contributed by atoms with van der Waals surface area (Å²) in [6, 6.07) is 25.1. The van der Waals surface area contributed by atoms with Gasteiger partial charge in [0.2, 0.25) is 11.8 Å². The number of carbonyl (C=O) groups excluding carboxylic acids is 2. The van der Waals surface area contributed by atoms with Crippen molar-refractivity contribution in [3.8, 4) is 0 Å². The Kier molecular flexibility index (Phi) is 8.86. The summed E-state index contributed by atoms with van der Waals surface area (Å²) in [7, 11) is 0. The first kappa shape index (κ1) is 28.8. The van der Waals surface area contributed by atoms with Crippen LogP contribution < -0.4 is 5.32 Å². The molecule has 0 bridgehead atoms. The summed E-state index contributed by atoms with van der Waals surface area (Å²) in [6.07, 6.45) is 2.86. The minimum absolute atomic E-state index is 0.0425. The van der Waals surface area contributed by atoms with Gasteiger partial charge in [0.05, 0.1) is 25.7 Å². The molecule has 1 aromatic heterocycles. The van der Waals surface area contributed by atoms with Crippen LogP contribution in [0.1, 0.15) is 30.0 Å². The van der Waals surface area contributed by atoms with Crippen LogP contribution in [0.2, 0.25) is 5.02 Å². The molecular formula is C33H35ClN4O3S. The second-order valence-corrected chi connectivity index (χ2v) is 12.7. The van der Waals surface area contributed by atoms with E-state index in [1.807, 2.05) is 90.0 Å². The van der Waals surface area contributed by atoms with Crippen LogP contribution in [0.4, 0.5) is 0 Å². The van der Waals surface area contributed by atoms with E-state index < -0.39 is 10.8 Å². The van der Waals surface area contributed by atoms with Crippen molar-refractivity contribution in [2.24, 2.45) is 0 Å². The third-order valence-electron chi connectivity index (χ3n) is 8.12. The Morgan fingerprint density at radius 2 is 1.79 bits per heavy atom. The molecule has 3 aromatic carbocycles. The number of likely N-dealkylation sites (tertiary alicyclic amines) is 1. The number of thioether (sulfide) groups is 1. The van der Waals surface area contributed by atoms with Crippen LogP contribution in [0.25, 0.3) is 10.9 Å². The predicted octanol–water partition coefficient (Wildman–Crippen LogP) is 5.66. The minimum atomic E-state index is -1.08. The van der Waals surface area contributed by atoms with Gasteiger partial charge in [0.15, 0.2) is 0 Å². The van der Waals surface area contributed by atoms with Crippen LogP contribution in [-0.4, -0.2) is 70.7 Å². The standard InChI is InChI=1S/C33H35ClN4O3S/c34-25-12-13-27-28(22-36-29(27)20-25)31-33(42-26-10-5-2-6-11-26,21-30(39)38(31)23-24-8-3-1-4-9-24)32(40)35-14-7-15-37-16-18-41-19-17-37/h1-6,8-13,20,22,31,36H,7,14-19,21,23H2,(H,35,40)/t31-,33+/m1/s1. The van der Waals surface area contributed by atoms with Gasteiger partial charge in [-0.25, -0.2) is 0 Å². The highest BCUT2D eigenvalue weighted by molar-refractivity contribution is 8.01. The molecule has 4 aromatic rings. The number of H-pyrrole nitrogens is 1. The molecular weight excluding hydrogens is 568 g/mol. The number of carbonyl (C=O) groups is 2. The Bertz CT molecular complexity index is 1530. The summed E-state index contributed by atoms with van der Waals surface area (Å²) in [4.78, 5) is 37.0. The van der Waals surface area contributed by atoms with E-state index in [0.717, 1.165) is 66.2 Å². The van der Waals surface area contributed by atoms with Crippen molar-refractivity contribution in [1.29, 1.82) is 0 Å². The van der Waals surface area contributed by atoms with Gasteiger partial charge in [-0.1, -0.05) is 66.2 Å². The van der Waals surface area contributed by atoms with Crippen molar-refractivity contribution in [1.82, 2.24) is 20.1 Å². The number of benzene rings is 3. The molecule has 218 valence electrons. The van der Waals surface area contributed by atoms with Gasteiger partial charge in [-0.3, -0.25) is 14.5 Å². The van der Waals surface area contributed by atoms with Crippen LogP contribution in [0.5, 0.6) is 0 Å². The summed E-state index contributed by atoms with van der Waals surface area (Å²) in [5, 5.41) is 4.83. The maximum absolute atomic E-state index is 14.5. The molecule has 3 heterocycles. The van der Waals surface area contributed by atoms with E-state index in [1.54, 1.807) is 0 Å². The molecule has 2 atom stereocenters. The second kappa shape index (κ2) is 12.9. The highest BCUT2D eigenvalue weighted by Gasteiger charge is 2.58. The molecule has 2 saturated heterocycles. The van der Waals surface area contributed by atoms with E-state index >= 15 is 0 Å². The average molecular weight is 603 g/mol. The van der Waals surface area contributed by atoms with Gasteiger partial charge in [-0.2, -0.15) is 0 Å². The van der Waals surface area contributed by atoms with Crippen molar-refractivity contribution in [3.63, 3.8) is 0 Å². The zero-order valence-electron chi connectivity index (χ0n) is 23.4. The second-order valence-electron chi connectivity index (χ2n) is 10.9. The van der Waals surface area contributed by atoms with Gasteiger partial charge in [0, 0.05) is 58.8 Å². The van der Waals surface area contributed by atoms with Crippen LogP contribution in [0.15, 0.2) is 90.0 Å². The molecule has 7 nitrogen and oxygen atoms in total. The van der Waals surface area contributed by atoms with Crippen molar-refractivity contribution in [2.45, 2.75) is 35.1 Å². The van der Waals surface area contributed by atoms with Gasteiger partial charge in [-0.15, -0.1) is 11.8 Å². The van der Waals surface area contributed by atoms with Gasteiger partial charge < -0.3 is 19.9 Å². The lowest BCUT2D eigenvalue weighted by molar-refractivity contribution is -0.129. The van der Waals surface area contributed by atoms with Gasteiger partial charge >= 0.3 is 0 Å². The number of nitrogens with one attached hydrogen (secondary N) is 2. The number of ether oxygens (including phenoxy) is 1. The Hall–Kier alpha value is -3.30. The number of fused-ring (bicyclic) bond motifs is 1. The molecule has 0 aliphatic carbocycles. The van der Waals surface area contributed by atoms with Crippen LogP contribution in [-0.2, 0) is 20.9 Å². The maximum Gasteiger partial charge on any atom is 0.239 e. The fourth-order valence-corrected chi connectivity index (χ4v) is 7.68. The highest BCUT2D eigenvalue weighted by Crippen LogP contribution is 2.54. The summed E-state index contributed by atoms with van der Waals surface area (Å²) in [6.45, 7) is 5.17. The monoisotopic (exact) mass is 602 g/mol. The maximum atomic E-state index is 14.5. The predicted molar refractivity (Wildman–Crippen MR) is 168 cm³/mol. The molecule has 2 aliphatic heterocycles. The highest BCUT2D eigenvalue weighted by atomic mass is 35.5. The normalized spacial score (nSPS) is 21.2. The zero-order chi connectivity index (χ0) is 28.9. The minimum Gasteiger partial charge on any atom is -0.379 e. The molecule has 2 aliphatic rings. The number of aromatic nitrogens is 1. The summed E-state index contributed by atoms with van der Waals surface area (Å²) in [5.41, 5.74) is 2.81. The Morgan fingerprint density at radius 3 is 2.55 bits per heavy atom. The molecule has 0 saturated carbocycles. The van der Waals surface area contributed by atoms with E-state index in [2.05, 4.69) is 15.2 Å². The van der Waals surface area contributed by atoms with E-state index in [0.29, 0.717) is 18.1 Å². The lowest BCUT2D eigenvalue weighted by Crippen LogP contribution is -2.48. The number of morpholine rings is 1. The molecule has 2 N–H and O–H groups in total. The fraction of sp³-hybridized carbons (Fsp3) is 0.333. The largest absolute Gasteiger partial charge is 0.379 e. The van der Waals surface area contributed by atoms with Crippen molar-refractivity contribution < 1.29 is 14.3 Å². The summed E-state index contributed by atoms with van der Waals surface area (Å²) >= 11 is 7.81. The lowest BCUT2D eigenvalue weighted by atomic mass is 9.91. The smallest absolute Gasteiger partial charge is 0.239 e. The SMILES string of the molecule is O=C1C[C@@](Sc2ccccc2)(C(=O)NCCCN2CCOCC2)[C@@H](c2c[nH]c3cc(Cl)ccc23)N1Cc1ccccc1. The first-order valence-corrected chi connectivity index (χ1v) is 15.7. The van der Waals surface area contributed by atoms with Crippen LogP contribution >= 0.6 is 23.4 Å². The van der Waals surface area contributed by atoms with Crippen molar-refractivity contribution >= 4 is 46.1 Å². The molecule has 42 heavy (non-hydrogen) atoms. The fourth-order valence-electron chi connectivity index (χ4n) is 6.06. The number of halogens is 1. The lowest BCUT2D eigenvalue weighted by Gasteiger charge is -2.36. The molecule has 9 heteroatoms. The number of amides is 2. The quantitative estimate of drug-likeness (QED) is 0.229. The molecule has 0 spiro atoms. The first-order chi connectivity index (χ1) is 20.5. The Balaban J connectivity index is 1.37. The number of hydrogen-bond acceptors (Lipinski definition) is 5. The molecule has 2 amide bonds. The van der Waals surface area contributed by atoms with Crippen LogP contribution in [0.3, 0.4) is 0 Å². The number of hydrogen-bond donors (Lipinski definition) is 2. The zero-order valence-corrected chi connectivity index (χ0v) is 25.0. The molecule has 6 rings (SSSR count). The van der Waals surface area contributed by atoms with E-state index in [1.165, 1.54) is 11.8 Å². The Morgan fingerprint density at radius 1 is 1.05 bits per heavy atom. The first-order valence-electron chi connectivity index (χ1n) is 14.5. The summed E-state index contributed by atoms with van der Waals surface area (Å²) < 4.78 is 4.39. The van der Waals surface area contributed by atoms with Crippen LogP contribution in [0, 0.1) is 0 Å². The number of nitrogens with zero attached hydrogens (tertiary/aromatic N) is 2. The third kappa shape index (κ3) is 6.08. The van der Waals surface area contributed by atoms with Crippen molar-refractivity contribution in [2.75, 3.05) is 39.4 Å². The topological polar surface area (TPSA) is 77.7 Å². The van der Waals surface area contributed by atoms with Gasteiger partial charge in [0.1, 0.15) is 4.75 Å². The molecule has 0 radical (unpaired) electrons. The van der Waals surface area contributed by atoms with Gasteiger partial charge in [0.25, 0.3) is 0 Å². The Labute approximate surface area is 255 Å². The molecule has 0 unspecified atom stereocenters. The number of rotatable bonds is 10. The van der Waals surface area contributed by atoms with E-state index in [-0.39, 0.29) is 18.2 Å². The average Bonchev–Trinajstić information content (AvgIpc) is 3.54. The van der Waals surface area contributed by atoms with E-state index in [9.17, 15) is 9.59 Å². The van der Waals surface area contributed by atoms with E-state index in [4.69, 9.17) is 16.3 Å². The third-order valence-corrected chi connectivity index (χ3v) is 9.78. The molecule has 2 fully saturated rings. The van der Waals surface area contributed by atoms with Gasteiger partial charge in [-0.05, 0) is 42.8 Å². The van der Waals surface area contributed by atoms with Crippen molar-refractivity contribution in [3.05, 3.63) is 101 Å². The number of aromatic amines is 1.